The van der Waals surface area contributed by atoms with Gasteiger partial charge in [0.1, 0.15) is 5.76 Å². The maximum absolute atomic E-state index is 6.30. The molecule has 0 saturated heterocycles. The van der Waals surface area contributed by atoms with Gasteiger partial charge in [0.2, 0.25) is 0 Å². The van der Waals surface area contributed by atoms with Gasteiger partial charge < -0.3 is 4.74 Å². The largest absolute Gasteiger partial charge is 0.494 e. The highest BCUT2D eigenvalue weighted by atomic mass is 16.5. The van der Waals surface area contributed by atoms with Gasteiger partial charge in [0.05, 0.1) is 12.6 Å². The van der Waals surface area contributed by atoms with E-state index in [0.29, 0.717) is 6.10 Å². The summed E-state index contributed by atoms with van der Waals surface area (Å²) in [5, 5.41) is 0. The highest BCUT2D eigenvalue weighted by Crippen LogP contribution is 2.21. The standard InChI is InChI=1S/C20H31NO/c1-4-17(3)14-19(5-2)22-20-12-9-13-21(16-20)15-18-10-7-6-8-11-18/h6-8,10-12,17,19H,4-5,9,13-16H2,1-3H3/t17-,19?/m1/s1. The zero-order chi connectivity index (χ0) is 15.8. The molecule has 2 heteroatoms. The summed E-state index contributed by atoms with van der Waals surface area (Å²) in [6.07, 6.45) is 7.27. The summed E-state index contributed by atoms with van der Waals surface area (Å²) >= 11 is 0. The van der Waals surface area contributed by atoms with E-state index >= 15 is 0 Å². The molecule has 1 aliphatic heterocycles. The quantitative estimate of drug-likeness (QED) is 0.669. The molecule has 122 valence electrons. The Labute approximate surface area is 136 Å². The van der Waals surface area contributed by atoms with E-state index in [1.165, 1.54) is 24.2 Å². The number of rotatable bonds is 8. The molecule has 0 amide bonds. The average molecular weight is 301 g/mol. The highest BCUT2D eigenvalue weighted by molar-refractivity contribution is 5.15. The van der Waals surface area contributed by atoms with Crippen molar-refractivity contribution in [3.8, 4) is 0 Å². The molecule has 0 aliphatic carbocycles. The number of nitrogens with zero attached hydrogens (tertiary/aromatic N) is 1. The second kappa shape index (κ2) is 8.99. The molecule has 0 spiro atoms. The normalized spacial score (nSPS) is 18.6. The van der Waals surface area contributed by atoms with E-state index < -0.39 is 0 Å². The van der Waals surface area contributed by atoms with Crippen LogP contribution < -0.4 is 0 Å². The van der Waals surface area contributed by atoms with Gasteiger partial charge in [0.25, 0.3) is 0 Å². The number of ether oxygens (including phenoxy) is 1. The van der Waals surface area contributed by atoms with Crippen LogP contribution in [0.25, 0.3) is 0 Å². The maximum atomic E-state index is 6.30. The first kappa shape index (κ1) is 17.1. The summed E-state index contributed by atoms with van der Waals surface area (Å²) in [7, 11) is 0. The van der Waals surface area contributed by atoms with E-state index in [1.807, 2.05) is 0 Å². The Kier molecular flexibility index (Phi) is 6.98. The van der Waals surface area contributed by atoms with Crippen LogP contribution in [-0.4, -0.2) is 24.1 Å². The third kappa shape index (κ3) is 5.49. The molecule has 0 saturated carbocycles. The minimum absolute atomic E-state index is 0.373. The lowest BCUT2D eigenvalue weighted by molar-refractivity contribution is 0.0675. The molecule has 1 aliphatic rings. The molecule has 0 radical (unpaired) electrons. The predicted molar refractivity (Wildman–Crippen MR) is 93.7 cm³/mol. The van der Waals surface area contributed by atoms with Crippen LogP contribution in [0.3, 0.4) is 0 Å². The van der Waals surface area contributed by atoms with Gasteiger partial charge in [-0.05, 0) is 36.8 Å². The average Bonchev–Trinajstić information content (AvgIpc) is 2.55. The summed E-state index contributed by atoms with van der Waals surface area (Å²) in [5.74, 6) is 1.92. The van der Waals surface area contributed by atoms with Gasteiger partial charge in [-0.1, -0.05) is 57.5 Å². The van der Waals surface area contributed by atoms with Crippen LogP contribution in [0.4, 0.5) is 0 Å². The van der Waals surface area contributed by atoms with E-state index in [9.17, 15) is 0 Å². The van der Waals surface area contributed by atoms with Crippen LogP contribution >= 0.6 is 0 Å². The van der Waals surface area contributed by atoms with E-state index in [4.69, 9.17) is 4.74 Å². The van der Waals surface area contributed by atoms with Crippen molar-refractivity contribution in [2.75, 3.05) is 13.1 Å². The Morgan fingerprint density at radius 2 is 1.91 bits per heavy atom. The van der Waals surface area contributed by atoms with Crippen molar-refractivity contribution < 1.29 is 4.74 Å². The van der Waals surface area contributed by atoms with Gasteiger partial charge in [-0.2, -0.15) is 0 Å². The van der Waals surface area contributed by atoms with Crippen molar-refractivity contribution in [1.29, 1.82) is 0 Å². The SMILES string of the molecule is CCC(C[C@H](C)CC)OC1=CCCN(Cc2ccccc2)C1. The summed E-state index contributed by atoms with van der Waals surface area (Å²) in [6.45, 7) is 9.92. The van der Waals surface area contributed by atoms with Gasteiger partial charge in [-0.15, -0.1) is 0 Å². The van der Waals surface area contributed by atoms with Crippen molar-refractivity contribution >= 4 is 0 Å². The lowest BCUT2D eigenvalue weighted by Gasteiger charge is -2.30. The molecule has 0 N–H and O–H groups in total. The molecule has 0 fully saturated rings. The fourth-order valence-electron chi connectivity index (χ4n) is 2.96. The third-order valence-corrected chi connectivity index (χ3v) is 4.58. The van der Waals surface area contributed by atoms with Gasteiger partial charge in [0.15, 0.2) is 0 Å². The Morgan fingerprint density at radius 3 is 2.59 bits per heavy atom. The maximum Gasteiger partial charge on any atom is 0.106 e. The molecule has 2 rings (SSSR count). The molecule has 0 aromatic heterocycles. The van der Waals surface area contributed by atoms with Crippen LogP contribution in [0.2, 0.25) is 0 Å². The topological polar surface area (TPSA) is 12.5 Å². The Bertz CT molecular complexity index is 454. The first-order chi connectivity index (χ1) is 10.7. The van der Waals surface area contributed by atoms with Gasteiger partial charge in [-0.3, -0.25) is 4.90 Å². The smallest absolute Gasteiger partial charge is 0.106 e. The van der Waals surface area contributed by atoms with Crippen LogP contribution in [0, 0.1) is 5.92 Å². The monoisotopic (exact) mass is 301 g/mol. The molecule has 1 aromatic carbocycles. The molecular weight excluding hydrogens is 270 g/mol. The minimum Gasteiger partial charge on any atom is -0.494 e. The lowest BCUT2D eigenvalue weighted by atomic mass is 9.99. The van der Waals surface area contributed by atoms with Crippen molar-refractivity contribution in [3.63, 3.8) is 0 Å². The van der Waals surface area contributed by atoms with Crippen LogP contribution in [-0.2, 0) is 11.3 Å². The molecular formula is C20H31NO. The van der Waals surface area contributed by atoms with Crippen LogP contribution in [0.15, 0.2) is 42.2 Å². The van der Waals surface area contributed by atoms with Crippen molar-refractivity contribution in [1.82, 2.24) is 4.90 Å². The fourth-order valence-corrected chi connectivity index (χ4v) is 2.96. The van der Waals surface area contributed by atoms with Gasteiger partial charge in [0, 0.05) is 13.1 Å². The molecule has 2 nitrogen and oxygen atoms in total. The molecule has 22 heavy (non-hydrogen) atoms. The lowest BCUT2D eigenvalue weighted by Crippen LogP contribution is -2.31. The second-order valence-corrected chi connectivity index (χ2v) is 6.55. The van der Waals surface area contributed by atoms with E-state index in [-0.39, 0.29) is 0 Å². The Hall–Kier alpha value is -1.28. The Balaban J connectivity index is 1.85. The first-order valence-electron chi connectivity index (χ1n) is 8.83. The number of benzene rings is 1. The first-order valence-corrected chi connectivity index (χ1v) is 8.83. The van der Waals surface area contributed by atoms with Crippen molar-refractivity contribution in [2.24, 2.45) is 5.92 Å². The zero-order valence-corrected chi connectivity index (χ0v) is 14.4. The van der Waals surface area contributed by atoms with E-state index in [1.54, 1.807) is 0 Å². The zero-order valence-electron chi connectivity index (χ0n) is 14.4. The summed E-state index contributed by atoms with van der Waals surface area (Å²) in [4.78, 5) is 2.49. The third-order valence-electron chi connectivity index (χ3n) is 4.58. The highest BCUT2D eigenvalue weighted by Gasteiger charge is 2.18. The Morgan fingerprint density at radius 1 is 1.14 bits per heavy atom. The van der Waals surface area contributed by atoms with E-state index in [2.05, 4.69) is 62.1 Å². The minimum atomic E-state index is 0.373. The predicted octanol–water partition coefficient (Wildman–Crippen LogP) is 5.01. The molecule has 1 aromatic rings. The van der Waals surface area contributed by atoms with Crippen molar-refractivity contribution in [2.45, 2.75) is 59.1 Å². The molecule has 0 bridgehead atoms. The van der Waals surface area contributed by atoms with Gasteiger partial charge in [-0.25, -0.2) is 0 Å². The summed E-state index contributed by atoms with van der Waals surface area (Å²) in [5.41, 5.74) is 1.38. The van der Waals surface area contributed by atoms with Crippen molar-refractivity contribution in [3.05, 3.63) is 47.7 Å². The molecule has 1 unspecified atom stereocenters. The second-order valence-electron chi connectivity index (χ2n) is 6.55. The van der Waals surface area contributed by atoms with E-state index in [0.717, 1.165) is 38.4 Å². The fraction of sp³-hybridized carbons (Fsp3) is 0.600. The molecule has 2 atom stereocenters. The van der Waals surface area contributed by atoms with Crippen LogP contribution in [0.1, 0.15) is 52.0 Å². The van der Waals surface area contributed by atoms with Crippen LogP contribution in [0.5, 0.6) is 0 Å². The number of hydrogen-bond acceptors (Lipinski definition) is 2. The summed E-state index contributed by atoms with van der Waals surface area (Å²) < 4.78 is 6.30. The molecule has 1 heterocycles. The number of hydrogen-bond donors (Lipinski definition) is 0. The summed E-state index contributed by atoms with van der Waals surface area (Å²) in [6, 6.07) is 10.7. The van der Waals surface area contributed by atoms with Gasteiger partial charge >= 0.3 is 0 Å².